The largest absolute Gasteiger partial charge is 0.494 e. The number of ether oxygens (including phenoxy) is 2. The van der Waals surface area contributed by atoms with E-state index in [-0.39, 0.29) is 24.3 Å². The number of anilines is 2. The summed E-state index contributed by atoms with van der Waals surface area (Å²) in [6, 6.07) is 15.1. The number of para-hydroxylation sites is 1. The van der Waals surface area contributed by atoms with Crippen molar-refractivity contribution in [3.05, 3.63) is 48.5 Å². The molecule has 2 aromatic rings. The predicted molar refractivity (Wildman–Crippen MR) is 107 cm³/mol. The van der Waals surface area contributed by atoms with E-state index in [4.69, 9.17) is 9.47 Å². The molecule has 0 radical (unpaired) electrons. The molecule has 2 aromatic carbocycles. The lowest BCUT2D eigenvalue weighted by molar-refractivity contribution is -0.122. The van der Waals surface area contributed by atoms with Crippen LogP contribution in [0.25, 0.3) is 0 Å². The number of carbonyl (C=O) groups is 2. The van der Waals surface area contributed by atoms with E-state index in [1.807, 2.05) is 42.5 Å². The number of benzene rings is 2. The molecule has 4 rings (SSSR count). The lowest BCUT2D eigenvalue weighted by Crippen LogP contribution is -2.39. The lowest BCUT2D eigenvalue weighted by atomic mass is 9.85. The van der Waals surface area contributed by atoms with Crippen LogP contribution in [-0.4, -0.2) is 31.6 Å². The van der Waals surface area contributed by atoms with E-state index in [9.17, 15) is 9.59 Å². The van der Waals surface area contributed by atoms with Gasteiger partial charge < -0.3 is 19.7 Å². The van der Waals surface area contributed by atoms with Crippen molar-refractivity contribution in [2.24, 2.45) is 5.92 Å². The number of carbonyl (C=O) groups excluding carboxylic acids is 2. The molecule has 6 nitrogen and oxygen atoms in total. The van der Waals surface area contributed by atoms with Gasteiger partial charge in [0.05, 0.1) is 12.3 Å². The molecule has 1 N–H and O–H groups in total. The predicted octanol–water partition coefficient (Wildman–Crippen LogP) is 3.62. The number of nitrogens with one attached hydrogen (secondary N) is 1. The first-order chi connectivity index (χ1) is 13.7. The third-order valence-electron chi connectivity index (χ3n) is 5.18. The molecule has 0 saturated heterocycles. The van der Waals surface area contributed by atoms with Crippen molar-refractivity contribution in [1.82, 2.24) is 0 Å². The molecule has 0 bridgehead atoms. The molecule has 1 aliphatic heterocycles. The van der Waals surface area contributed by atoms with Crippen molar-refractivity contribution < 1.29 is 19.1 Å². The summed E-state index contributed by atoms with van der Waals surface area (Å²) in [5, 5.41) is 2.95. The van der Waals surface area contributed by atoms with Crippen LogP contribution in [0.15, 0.2) is 48.5 Å². The van der Waals surface area contributed by atoms with Gasteiger partial charge in [0.2, 0.25) is 5.91 Å². The zero-order valence-corrected chi connectivity index (χ0v) is 15.7. The highest BCUT2D eigenvalue weighted by Gasteiger charge is 2.27. The highest BCUT2D eigenvalue weighted by molar-refractivity contribution is 5.99. The van der Waals surface area contributed by atoms with Gasteiger partial charge in [-0.25, -0.2) is 0 Å². The number of fused-ring (bicyclic) bond motifs is 1. The van der Waals surface area contributed by atoms with Gasteiger partial charge in [0, 0.05) is 24.2 Å². The number of hydrogen-bond acceptors (Lipinski definition) is 4. The number of amides is 2. The molecule has 0 atom stereocenters. The van der Waals surface area contributed by atoms with Gasteiger partial charge in [-0.15, -0.1) is 0 Å². The van der Waals surface area contributed by atoms with Crippen LogP contribution >= 0.6 is 0 Å². The van der Waals surface area contributed by atoms with Crippen molar-refractivity contribution in [3.8, 4) is 11.5 Å². The van der Waals surface area contributed by atoms with E-state index in [1.54, 1.807) is 11.0 Å². The lowest BCUT2D eigenvalue weighted by Gasteiger charge is -2.30. The molecule has 2 aliphatic rings. The summed E-state index contributed by atoms with van der Waals surface area (Å²) in [6.45, 7) is 1.09. The molecule has 0 spiro atoms. The first kappa shape index (κ1) is 18.3. The molecule has 1 aliphatic carbocycles. The zero-order valence-electron chi connectivity index (χ0n) is 15.7. The maximum Gasteiger partial charge on any atom is 0.265 e. The van der Waals surface area contributed by atoms with Crippen molar-refractivity contribution in [2.45, 2.75) is 25.7 Å². The number of hydrogen-bond donors (Lipinski definition) is 1. The van der Waals surface area contributed by atoms with Crippen LogP contribution in [-0.2, 0) is 9.59 Å². The molecular weight excluding hydrogens is 356 g/mol. The third-order valence-corrected chi connectivity index (χ3v) is 5.18. The Bertz CT molecular complexity index is 849. The maximum absolute atomic E-state index is 12.3. The molecule has 28 heavy (non-hydrogen) atoms. The molecule has 146 valence electrons. The molecule has 2 amide bonds. The summed E-state index contributed by atoms with van der Waals surface area (Å²) in [6.07, 6.45) is 3.75. The van der Waals surface area contributed by atoms with Crippen LogP contribution in [0.4, 0.5) is 11.4 Å². The normalized spacial score (nSPS) is 16.0. The van der Waals surface area contributed by atoms with Gasteiger partial charge in [0.1, 0.15) is 11.5 Å². The quantitative estimate of drug-likeness (QED) is 0.745. The van der Waals surface area contributed by atoms with Gasteiger partial charge in [-0.3, -0.25) is 9.59 Å². The first-order valence-corrected chi connectivity index (χ1v) is 9.76. The molecule has 6 heteroatoms. The van der Waals surface area contributed by atoms with Gasteiger partial charge in [0.25, 0.3) is 5.91 Å². The Balaban J connectivity index is 1.36. The Labute approximate surface area is 164 Å². The maximum atomic E-state index is 12.3. The fourth-order valence-corrected chi connectivity index (χ4v) is 3.37. The van der Waals surface area contributed by atoms with Gasteiger partial charge in [0.15, 0.2) is 6.61 Å². The Morgan fingerprint density at radius 3 is 2.75 bits per heavy atom. The first-order valence-electron chi connectivity index (χ1n) is 9.76. The molecule has 0 unspecified atom stereocenters. The SMILES string of the molecule is O=C(Nc1ccc2c(c1)OCC(=O)N2CCCOc1ccccc1)C1CCC1. The number of nitrogens with zero attached hydrogens (tertiary/aromatic N) is 1. The standard InChI is InChI=1S/C22H24N2O4/c25-21-15-28-20-14-17(23-22(26)16-6-4-7-16)10-11-19(20)24(21)12-5-13-27-18-8-2-1-3-9-18/h1-3,8-11,14,16H,4-7,12-13,15H2,(H,23,26). The van der Waals surface area contributed by atoms with Gasteiger partial charge >= 0.3 is 0 Å². The fourth-order valence-electron chi connectivity index (χ4n) is 3.37. The molecular formula is C22H24N2O4. The summed E-state index contributed by atoms with van der Waals surface area (Å²) >= 11 is 0. The van der Waals surface area contributed by atoms with Crippen LogP contribution in [0.5, 0.6) is 11.5 Å². The molecule has 1 heterocycles. The fraction of sp³-hybridized carbons (Fsp3) is 0.364. The van der Waals surface area contributed by atoms with Crippen LogP contribution in [0.1, 0.15) is 25.7 Å². The van der Waals surface area contributed by atoms with E-state index in [1.165, 1.54) is 0 Å². The Morgan fingerprint density at radius 2 is 2.00 bits per heavy atom. The van der Waals surface area contributed by atoms with E-state index in [0.29, 0.717) is 31.0 Å². The summed E-state index contributed by atoms with van der Waals surface area (Å²) in [4.78, 5) is 26.2. The van der Waals surface area contributed by atoms with Crippen molar-refractivity contribution in [3.63, 3.8) is 0 Å². The summed E-state index contributed by atoms with van der Waals surface area (Å²) in [5.74, 6) is 1.56. The molecule has 0 aromatic heterocycles. The molecule has 1 fully saturated rings. The second-order valence-electron chi connectivity index (χ2n) is 7.15. The van der Waals surface area contributed by atoms with E-state index in [0.717, 1.165) is 30.7 Å². The van der Waals surface area contributed by atoms with E-state index < -0.39 is 0 Å². The Morgan fingerprint density at radius 1 is 1.18 bits per heavy atom. The average molecular weight is 380 g/mol. The van der Waals surface area contributed by atoms with Gasteiger partial charge in [-0.2, -0.15) is 0 Å². The second-order valence-corrected chi connectivity index (χ2v) is 7.15. The van der Waals surface area contributed by atoms with Crippen LogP contribution < -0.4 is 19.7 Å². The minimum atomic E-state index is -0.0709. The van der Waals surface area contributed by atoms with Crippen LogP contribution in [0, 0.1) is 5.92 Å². The minimum Gasteiger partial charge on any atom is -0.494 e. The average Bonchev–Trinajstić information content (AvgIpc) is 2.66. The minimum absolute atomic E-state index is 0.00652. The Kier molecular flexibility index (Phi) is 5.46. The van der Waals surface area contributed by atoms with Crippen molar-refractivity contribution in [1.29, 1.82) is 0 Å². The van der Waals surface area contributed by atoms with Crippen LogP contribution in [0.2, 0.25) is 0 Å². The smallest absolute Gasteiger partial charge is 0.265 e. The summed E-state index contributed by atoms with van der Waals surface area (Å²) in [7, 11) is 0. The third kappa shape index (κ3) is 4.11. The second kappa shape index (κ2) is 8.33. The highest BCUT2D eigenvalue weighted by atomic mass is 16.5. The monoisotopic (exact) mass is 380 g/mol. The van der Waals surface area contributed by atoms with E-state index >= 15 is 0 Å². The van der Waals surface area contributed by atoms with Crippen molar-refractivity contribution >= 4 is 23.2 Å². The van der Waals surface area contributed by atoms with Gasteiger partial charge in [-0.1, -0.05) is 24.6 Å². The topological polar surface area (TPSA) is 67.9 Å². The van der Waals surface area contributed by atoms with E-state index in [2.05, 4.69) is 5.32 Å². The Hall–Kier alpha value is -3.02. The van der Waals surface area contributed by atoms with Crippen molar-refractivity contribution in [2.75, 3.05) is 30.0 Å². The number of rotatable bonds is 7. The van der Waals surface area contributed by atoms with Gasteiger partial charge in [-0.05, 0) is 43.5 Å². The summed E-state index contributed by atoms with van der Waals surface area (Å²) < 4.78 is 11.3. The highest BCUT2D eigenvalue weighted by Crippen LogP contribution is 2.35. The molecule has 1 saturated carbocycles. The summed E-state index contributed by atoms with van der Waals surface area (Å²) in [5.41, 5.74) is 1.44. The van der Waals surface area contributed by atoms with Crippen LogP contribution in [0.3, 0.4) is 0 Å². The zero-order chi connectivity index (χ0) is 19.3.